The molecule has 1 aliphatic rings. The van der Waals surface area contributed by atoms with Gasteiger partial charge in [0.05, 0.1) is 0 Å². The molecule has 0 aromatic carbocycles. The van der Waals surface area contributed by atoms with Gasteiger partial charge in [0.15, 0.2) is 0 Å². The molecule has 1 aliphatic carbocycles. The van der Waals surface area contributed by atoms with Crippen molar-refractivity contribution in [2.75, 3.05) is 0 Å². The van der Waals surface area contributed by atoms with Gasteiger partial charge in [0.25, 0.3) is 0 Å². The van der Waals surface area contributed by atoms with Gasteiger partial charge in [0.2, 0.25) is 0 Å². The molecule has 1 saturated carbocycles. The molecule has 0 bridgehead atoms. The van der Waals surface area contributed by atoms with E-state index in [1.54, 1.807) is 6.92 Å². The molecule has 0 amide bonds. The van der Waals surface area contributed by atoms with E-state index in [1.165, 1.54) is 6.42 Å². The Hall–Kier alpha value is -0.660. The van der Waals surface area contributed by atoms with E-state index >= 15 is 0 Å². The zero-order valence-corrected chi connectivity index (χ0v) is 8.34. The Balaban J connectivity index is 2.41. The molecule has 1 rings (SSSR count). The Kier molecular flexibility index (Phi) is 4.13. The van der Waals surface area contributed by atoms with Crippen molar-refractivity contribution in [3.63, 3.8) is 0 Å². The lowest BCUT2D eigenvalue weighted by Gasteiger charge is -2.17. The average Bonchev–Trinajstić information content (AvgIpc) is 1.98. The maximum Gasteiger partial charge on any atom is 0.133 e. The van der Waals surface area contributed by atoms with Crippen LogP contribution in [0.4, 0.5) is 0 Å². The van der Waals surface area contributed by atoms with Crippen LogP contribution >= 0.6 is 0 Å². The second-order valence-corrected chi connectivity index (χ2v) is 4.11. The van der Waals surface area contributed by atoms with Crippen LogP contribution in [0.2, 0.25) is 0 Å². The van der Waals surface area contributed by atoms with Gasteiger partial charge in [0, 0.05) is 19.3 Å². The summed E-state index contributed by atoms with van der Waals surface area (Å²) in [5.74, 6) is 0.912. The molecular formula is C11H18O2. The molecule has 2 nitrogen and oxygen atoms in total. The van der Waals surface area contributed by atoms with E-state index in [2.05, 4.69) is 0 Å². The van der Waals surface area contributed by atoms with E-state index in [0.717, 1.165) is 25.7 Å². The van der Waals surface area contributed by atoms with Crippen molar-refractivity contribution in [3.8, 4) is 0 Å². The molecule has 0 radical (unpaired) electrons. The summed E-state index contributed by atoms with van der Waals surface area (Å²) in [6, 6.07) is 0. The van der Waals surface area contributed by atoms with Gasteiger partial charge in [-0.25, -0.2) is 0 Å². The second kappa shape index (κ2) is 5.15. The van der Waals surface area contributed by atoms with E-state index in [0.29, 0.717) is 24.5 Å². The molecule has 0 aliphatic heterocycles. The zero-order chi connectivity index (χ0) is 9.68. The van der Waals surface area contributed by atoms with E-state index in [9.17, 15) is 9.59 Å². The molecule has 1 unspecified atom stereocenters. The Labute approximate surface area is 79.7 Å². The fourth-order valence-corrected chi connectivity index (χ4v) is 2.04. The summed E-state index contributed by atoms with van der Waals surface area (Å²) in [4.78, 5) is 22.2. The van der Waals surface area contributed by atoms with Crippen molar-refractivity contribution in [2.24, 2.45) is 5.92 Å². The molecule has 0 N–H and O–H groups in total. The highest BCUT2D eigenvalue weighted by Gasteiger charge is 2.17. The fourth-order valence-electron chi connectivity index (χ4n) is 2.04. The topological polar surface area (TPSA) is 34.1 Å². The van der Waals surface area contributed by atoms with Crippen molar-refractivity contribution >= 4 is 11.6 Å². The van der Waals surface area contributed by atoms with Gasteiger partial charge in [-0.15, -0.1) is 0 Å². The summed E-state index contributed by atoms with van der Waals surface area (Å²) in [5, 5.41) is 0. The molecule has 0 aromatic rings. The van der Waals surface area contributed by atoms with Crippen LogP contribution in [0, 0.1) is 5.92 Å². The van der Waals surface area contributed by atoms with Crippen molar-refractivity contribution < 1.29 is 9.59 Å². The van der Waals surface area contributed by atoms with Crippen LogP contribution in [0.1, 0.15) is 51.9 Å². The summed E-state index contributed by atoms with van der Waals surface area (Å²) in [7, 11) is 0. The first-order valence-electron chi connectivity index (χ1n) is 5.19. The predicted molar refractivity (Wildman–Crippen MR) is 51.5 cm³/mol. The molecule has 0 saturated heterocycles. The lowest BCUT2D eigenvalue weighted by Crippen LogP contribution is -2.14. The monoisotopic (exact) mass is 182 g/mol. The lowest BCUT2D eigenvalue weighted by atomic mass is 9.87. The van der Waals surface area contributed by atoms with Crippen LogP contribution in [0.3, 0.4) is 0 Å². The first-order chi connectivity index (χ1) is 6.18. The van der Waals surface area contributed by atoms with Gasteiger partial charge in [-0.05, 0) is 25.7 Å². The molecular weight excluding hydrogens is 164 g/mol. The smallest absolute Gasteiger partial charge is 0.133 e. The van der Waals surface area contributed by atoms with Gasteiger partial charge in [-0.2, -0.15) is 0 Å². The van der Waals surface area contributed by atoms with Crippen LogP contribution in [-0.4, -0.2) is 11.6 Å². The van der Waals surface area contributed by atoms with Gasteiger partial charge >= 0.3 is 0 Å². The SMILES string of the molecule is CC(=O)CC1CCCCCC(=O)C1. The van der Waals surface area contributed by atoms with Gasteiger partial charge in [0.1, 0.15) is 11.6 Å². The van der Waals surface area contributed by atoms with Crippen LogP contribution in [0.25, 0.3) is 0 Å². The van der Waals surface area contributed by atoms with Crippen LogP contribution in [-0.2, 0) is 9.59 Å². The standard InChI is InChI=1S/C11H18O2/c1-9(12)7-10-5-3-2-4-6-11(13)8-10/h10H,2-8H2,1H3. The third-order valence-electron chi connectivity index (χ3n) is 2.66. The lowest BCUT2D eigenvalue weighted by molar-refractivity contribution is -0.121. The maximum atomic E-state index is 11.3. The Morgan fingerprint density at radius 2 is 2.15 bits per heavy atom. The first-order valence-corrected chi connectivity index (χ1v) is 5.19. The molecule has 0 aromatic heterocycles. The Morgan fingerprint density at radius 1 is 1.38 bits per heavy atom. The van der Waals surface area contributed by atoms with Gasteiger partial charge in [-0.1, -0.05) is 12.8 Å². The van der Waals surface area contributed by atoms with Gasteiger partial charge in [-0.3, -0.25) is 4.79 Å². The Morgan fingerprint density at radius 3 is 2.85 bits per heavy atom. The third kappa shape index (κ3) is 4.20. The normalized spacial score (nSPS) is 25.0. The zero-order valence-electron chi connectivity index (χ0n) is 8.34. The van der Waals surface area contributed by atoms with Crippen LogP contribution < -0.4 is 0 Å². The van der Waals surface area contributed by atoms with Crippen LogP contribution in [0.15, 0.2) is 0 Å². The molecule has 13 heavy (non-hydrogen) atoms. The number of carbonyl (C=O) groups excluding carboxylic acids is 2. The number of carbonyl (C=O) groups is 2. The third-order valence-corrected chi connectivity index (χ3v) is 2.66. The largest absolute Gasteiger partial charge is 0.300 e. The highest BCUT2D eigenvalue weighted by atomic mass is 16.1. The summed E-state index contributed by atoms with van der Waals surface area (Å²) in [6.45, 7) is 1.61. The van der Waals surface area contributed by atoms with Crippen molar-refractivity contribution in [2.45, 2.75) is 51.9 Å². The molecule has 0 heterocycles. The van der Waals surface area contributed by atoms with Gasteiger partial charge < -0.3 is 4.79 Å². The quantitative estimate of drug-likeness (QED) is 0.657. The van der Waals surface area contributed by atoms with Crippen molar-refractivity contribution in [1.29, 1.82) is 0 Å². The fraction of sp³-hybridized carbons (Fsp3) is 0.818. The summed E-state index contributed by atoms with van der Waals surface area (Å²) in [6.07, 6.45) is 6.42. The number of rotatable bonds is 2. The molecule has 0 spiro atoms. The van der Waals surface area contributed by atoms with Crippen molar-refractivity contribution in [1.82, 2.24) is 0 Å². The number of hydrogen-bond donors (Lipinski definition) is 0. The van der Waals surface area contributed by atoms with E-state index in [-0.39, 0.29) is 5.78 Å². The highest BCUT2D eigenvalue weighted by Crippen LogP contribution is 2.22. The van der Waals surface area contributed by atoms with E-state index < -0.39 is 0 Å². The molecule has 2 heteroatoms. The average molecular weight is 182 g/mol. The molecule has 1 fully saturated rings. The maximum absolute atomic E-state index is 11.3. The minimum absolute atomic E-state index is 0.221. The van der Waals surface area contributed by atoms with Crippen molar-refractivity contribution in [3.05, 3.63) is 0 Å². The van der Waals surface area contributed by atoms with Crippen LogP contribution in [0.5, 0.6) is 0 Å². The minimum Gasteiger partial charge on any atom is -0.300 e. The Bertz CT molecular complexity index is 196. The number of Topliss-reactive ketones (excluding diaryl/α,β-unsaturated/α-hetero) is 2. The highest BCUT2D eigenvalue weighted by molar-refractivity contribution is 5.80. The number of hydrogen-bond acceptors (Lipinski definition) is 2. The second-order valence-electron chi connectivity index (χ2n) is 4.11. The number of ketones is 2. The first kappa shape index (κ1) is 10.4. The molecule has 74 valence electrons. The van der Waals surface area contributed by atoms with E-state index in [4.69, 9.17) is 0 Å². The summed E-state index contributed by atoms with van der Waals surface area (Å²) >= 11 is 0. The molecule has 1 atom stereocenters. The summed E-state index contributed by atoms with van der Waals surface area (Å²) in [5.41, 5.74) is 0. The predicted octanol–water partition coefficient (Wildman–Crippen LogP) is 2.51. The summed E-state index contributed by atoms with van der Waals surface area (Å²) < 4.78 is 0. The van der Waals surface area contributed by atoms with E-state index in [1.807, 2.05) is 0 Å². The minimum atomic E-state index is 0.221.